The van der Waals surface area contributed by atoms with Crippen LogP contribution in [-0.4, -0.2) is 97.1 Å². The highest BCUT2D eigenvalue weighted by molar-refractivity contribution is 7.80. The third-order valence-corrected chi connectivity index (χ3v) is 6.60. The predicted octanol–water partition coefficient (Wildman–Crippen LogP) is 0.434. The number of aliphatic hydroxyl groups is 2. The van der Waals surface area contributed by atoms with E-state index in [4.69, 9.17) is 26.4 Å². The molecule has 3 saturated heterocycles. The van der Waals surface area contributed by atoms with Crippen LogP contribution in [0, 0.1) is 0 Å². The topological polar surface area (TPSA) is 127 Å². The smallest absolute Gasteiger partial charge is 0.259 e. The van der Waals surface area contributed by atoms with Crippen LogP contribution in [0.5, 0.6) is 0 Å². The summed E-state index contributed by atoms with van der Waals surface area (Å²) in [5.41, 5.74) is 1.07. The zero-order chi connectivity index (χ0) is 22.1. The summed E-state index contributed by atoms with van der Waals surface area (Å²) in [7, 11) is 0. The lowest BCUT2D eigenvalue weighted by Gasteiger charge is -2.29. The zero-order valence-electron chi connectivity index (χ0n) is 17.7. The average Bonchev–Trinajstić information content (AvgIpc) is 3.54. The lowest BCUT2D eigenvalue weighted by atomic mass is 10.1. The summed E-state index contributed by atoms with van der Waals surface area (Å²) in [4.78, 5) is 15.1. The molecule has 0 aliphatic carbocycles. The average molecular weight is 465 g/mol. The molecule has 5 atom stereocenters. The van der Waals surface area contributed by atoms with Crippen molar-refractivity contribution < 1.29 is 24.4 Å². The van der Waals surface area contributed by atoms with Crippen molar-refractivity contribution in [2.24, 2.45) is 0 Å². The molecule has 5 heterocycles. The Bertz CT molecular complexity index is 948. The Morgan fingerprint density at radius 2 is 2.03 bits per heavy atom. The third kappa shape index (κ3) is 4.25. The van der Waals surface area contributed by atoms with Crippen molar-refractivity contribution in [3.8, 4) is 0 Å². The van der Waals surface area contributed by atoms with Gasteiger partial charge in [0.2, 0.25) is 0 Å². The normalized spacial score (nSPS) is 30.7. The standard InChI is InChI=1S/C20H28N6O5S/c27-15-13(9-30-20(32)25-5-2-1-3-6-25)31-19(16(15)28)26-11-23-14-17(21-10-22-18(14)26)24-12-4-7-29-8-12/h10-13,15-16,19,27-28H,1-9H2,(H,21,22,24). The van der Waals surface area contributed by atoms with Gasteiger partial charge < -0.3 is 34.6 Å². The number of piperidine rings is 1. The van der Waals surface area contributed by atoms with E-state index < -0.39 is 24.5 Å². The summed E-state index contributed by atoms with van der Waals surface area (Å²) in [6.45, 7) is 3.14. The van der Waals surface area contributed by atoms with Crippen molar-refractivity contribution in [2.45, 2.75) is 56.3 Å². The van der Waals surface area contributed by atoms with Crippen LogP contribution in [0.3, 0.4) is 0 Å². The molecule has 174 valence electrons. The Balaban J connectivity index is 1.27. The van der Waals surface area contributed by atoms with Gasteiger partial charge in [0.15, 0.2) is 23.2 Å². The molecule has 5 unspecified atom stereocenters. The van der Waals surface area contributed by atoms with E-state index in [1.807, 2.05) is 4.90 Å². The van der Waals surface area contributed by atoms with Crippen LogP contribution in [0.2, 0.25) is 0 Å². The Morgan fingerprint density at radius 1 is 1.19 bits per heavy atom. The van der Waals surface area contributed by atoms with Crippen LogP contribution in [0.1, 0.15) is 31.9 Å². The molecule has 3 N–H and O–H groups in total. The number of likely N-dealkylation sites (tertiary alicyclic amines) is 1. The second-order valence-corrected chi connectivity index (χ2v) is 8.77. The molecule has 3 aliphatic heterocycles. The van der Waals surface area contributed by atoms with Gasteiger partial charge in [-0.3, -0.25) is 4.57 Å². The maximum atomic E-state index is 10.7. The number of imidazole rings is 1. The summed E-state index contributed by atoms with van der Waals surface area (Å²) in [6, 6.07) is 0.165. The fraction of sp³-hybridized carbons (Fsp3) is 0.700. The van der Waals surface area contributed by atoms with Gasteiger partial charge in [-0.25, -0.2) is 15.0 Å². The molecule has 0 amide bonds. The van der Waals surface area contributed by atoms with Crippen molar-refractivity contribution in [3.05, 3.63) is 12.7 Å². The van der Waals surface area contributed by atoms with E-state index in [-0.39, 0.29) is 12.6 Å². The minimum Gasteiger partial charge on any atom is -0.468 e. The first kappa shape index (κ1) is 21.7. The number of rotatable bonds is 5. The quantitative estimate of drug-likeness (QED) is 0.533. The number of aromatic nitrogens is 4. The lowest BCUT2D eigenvalue weighted by Crippen LogP contribution is -2.39. The number of aliphatic hydroxyl groups excluding tert-OH is 2. The maximum Gasteiger partial charge on any atom is 0.259 e. The maximum absolute atomic E-state index is 10.7. The fourth-order valence-corrected chi connectivity index (χ4v) is 4.65. The van der Waals surface area contributed by atoms with Gasteiger partial charge in [-0.15, -0.1) is 0 Å². The van der Waals surface area contributed by atoms with Gasteiger partial charge in [0.1, 0.15) is 31.2 Å². The molecule has 2 aromatic heterocycles. The van der Waals surface area contributed by atoms with Crippen LogP contribution in [0.4, 0.5) is 5.82 Å². The number of nitrogens with zero attached hydrogens (tertiary/aromatic N) is 5. The molecule has 0 saturated carbocycles. The Hall–Kier alpha value is -2.12. The molecule has 3 fully saturated rings. The third-order valence-electron chi connectivity index (χ3n) is 6.23. The number of nitrogens with one attached hydrogen (secondary N) is 1. The van der Waals surface area contributed by atoms with Gasteiger partial charge in [-0.2, -0.15) is 0 Å². The van der Waals surface area contributed by atoms with Gasteiger partial charge >= 0.3 is 0 Å². The zero-order valence-corrected chi connectivity index (χ0v) is 18.5. The minimum absolute atomic E-state index is 0.0557. The number of anilines is 1. The van der Waals surface area contributed by atoms with Gasteiger partial charge in [-0.05, 0) is 37.9 Å². The predicted molar refractivity (Wildman–Crippen MR) is 118 cm³/mol. The minimum atomic E-state index is -1.17. The number of hydrogen-bond donors (Lipinski definition) is 3. The van der Waals surface area contributed by atoms with Crippen molar-refractivity contribution >= 4 is 34.4 Å². The summed E-state index contributed by atoms with van der Waals surface area (Å²) >= 11 is 5.38. The highest BCUT2D eigenvalue weighted by Crippen LogP contribution is 2.32. The molecule has 0 aromatic carbocycles. The molecular weight excluding hydrogens is 436 g/mol. The highest BCUT2D eigenvalue weighted by atomic mass is 32.1. The largest absolute Gasteiger partial charge is 0.468 e. The van der Waals surface area contributed by atoms with Gasteiger partial charge in [0, 0.05) is 19.7 Å². The molecule has 5 rings (SSSR count). The molecule has 32 heavy (non-hydrogen) atoms. The molecule has 11 nitrogen and oxygen atoms in total. The molecule has 0 bridgehead atoms. The summed E-state index contributed by atoms with van der Waals surface area (Å²) in [5, 5.41) is 25.0. The second kappa shape index (κ2) is 9.40. The van der Waals surface area contributed by atoms with Crippen molar-refractivity contribution in [2.75, 3.05) is 38.2 Å². The second-order valence-electron chi connectivity index (χ2n) is 8.42. The molecule has 0 radical (unpaired) electrons. The van der Waals surface area contributed by atoms with Crippen LogP contribution in [0.15, 0.2) is 12.7 Å². The summed E-state index contributed by atoms with van der Waals surface area (Å²) in [5.74, 6) is 0.601. The van der Waals surface area contributed by atoms with E-state index in [9.17, 15) is 10.2 Å². The fourth-order valence-electron chi connectivity index (χ4n) is 4.40. The molecule has 12 heteroatoms. The van der Waals surface area contributed by atoms with Crippen molar-refractivity contribution in [1.29, 1.82) is 0 Å². The van der Waals surface area contributed by atoms with Crippen LogP contribution >= 0.6 is 12.2 Å². The van der Waals surface area contributed by atoms with E-state index in [0.717, 1.165) is 32.4 Å². The Kier molecular flexibility index (Phi) is 6.37. The Labute approximate surface area is 190 Å². The molecule has 0 spiro atoms. The molecular formula is C20H28N6O5S. The number of thiocarbonyl (C=S) groups is 1. The van der Waals surface area contributed by atoms with E-state index in [2.05, 4.69) is 20.3 Å². The first-order chi connectivity index (χ1) is 15.6. The summed E-state index contributed by atoms with van der Waals surface area (Å²) < 4.78 is 18.7. The van der Waals surface area contributed by atoms with Gasteiger partial charge in [0.25, 0.3) is 5.17 Å². The first-order valence-electron chi connectivity index (χ1n) is 11.1. The van der Waals surface area contributed by atoms with Crippen molar-refractivity contribution in [3.63, 3.8) is 0 Å². The highest BCUT2D eigenvalue weighted by Gasteiger charge is 2.45. The van der Waals surface area contributed by atoms with Crippen LogP contribution in [0.25, 0.3) is 11.2 Å². The lowest BCUT2D eigenvalue weighted by molar-refractivity contribution is -0.0504. The van der Waals surface area contributed by atoms with Crippen LogP contribution < -0.4 is 5.32 Å². The van der Waals surface area contributed by atoms with E-state index in [0.29, 0.717) is 35.4 Å². The Morgan fingerprint density at radius 3 is 2.81 bits per heavy atom. The van der Waals surface area contributed by atoms with E-state index >= 15 is 0 Å². The SMILES string of the molecule is OC1C(COC(=S)N2CCCCC2)OC(n2cnc3c(NC4CCOC4)ncnc32)C1O. The van der Waals surface area contributed by atoms with Gasteiger partial charge in [-0.1, -0.05) is 0 Å². The number of ether oxygens (including phenoxy) is 3. The number of hydrogen-bond acceptors (Lipinski definition) is 10. The molecule has 3 aliphatic rings. The monoisotopic (exact) mass is 464 g/mol. The number of fused-ring (bicyclic) bond motifs is 1. The first-order valence-corrected chi connectivity index (χ1v) is 11.5. The van der Waals surface area contributed by atoms with E-state index in [1.54, 1.807) is 4.57 Å². The van der Waals surface area contributed by atoms with Crippen LogP contribution in [-0.2, 0) is 14.2 Å². The van der Waals surface area contributed by atoms with Gasteiger partial charge in [0.05, 0.1) is 19.0 Å². The van der Waals surface area contributed by atoms with Crippen molar-refractivity contribution in [1.82, 2.24) is 24.4 Å². The van der Waals surface area contributed by atoms with E-state index in [1.165, 1.54) is 19.1 Å². The summed E-state index contributed by atoms with van der Waals surface area (Å²) in [6.07, 6.45) is 3.37. The molecule has 2 aromatic rings.